The zero-order chi connectivity index (χ0) is 14.9. The van der Waals surface area contributed by atoms with Gasteiger partial charge in [0.25, 0.3) is 5.91 Å². The lowest BCUT2D eigenvalue weighted by Gasteiger charge is -2.20. The van der Waals surface area contributed by atoms with Gasteiger partial charge in [-0.2, -0.15) is 0 Å². The first-order valence-corrected chi connectivity index (χ1v) is 7.31. The van der Waals surface area contributed by atoms with Gasteiger partial charge in [-0.1, -0.05) is 28.1 Å². The van der Waals surface area contributed by atoms with E-state index < -0.39 is 0 Å². The summed E-state index contributed by atoms with van der Waals surface area (Å²) in [6.07, 6.45) is 0. The third-order valence-electron chi connectivity index (χ3n) is 3.40. The van der Waals surface area contributed by atoms with Crippen molar-refractivity contribution in [2.45, 2.75) is 20.8 Å². The van der Waals surface area contributed by atoms with Crippen molar-refractivity contribution in [1.29, 1.82) is 0 Å². The topological polar surface area (TPSA) is 20.3 Å². The maximum atomic E-state index is 12.6. The van der Waals surface area contributed by atoms with Gasteiger partial charge in [-0.15, -0.1) is 0 Å². The molecule has 0 aliphatic heterocycles. The maximum absolute atomic E-state index is 12.6. The molecule has 0 saturated carbocycles. The van der Waals surface area contributed by atoms with Crippen LogP contribution < -0.4 is 4.90 Å². The van der Waals surface area contributed by atoms with E-state index in [0.717, 1.165) is 32.4 Å². The molecule has 2 rings (SSSR count). The lowest BCUT2D eigenvalue weighted by Crippen LogP contribution is -2.27. The van der Waals surface area contributed by atoms with Gasteiger partial charge in [0.05, 0.1) is 0 Å². The van der Waals surface area contributed by atoms with Crippen molar-refractivity contribution in [2.75, 3.05) is 11.9 Å². The number of amides is 1. The van der Waals surface area contributed by atoms with E-state index in [1.165, 1.54) is 0 Å². The van der Waals surface area contributed by atoms with Gasteiger partial charge in [0.1, 0.15) is 0 Å². The molecule has 0 fully saturated rings. The minimum absolute atomic E-state index is 0.00815. The van der Waals surface area contributed by atoms with Gasteiger partial charge >= 0.3 is 0 Å². The van der Waals surface area contributed by atoms with E-state index in [2.05, 4.69) is 22.0 Å². The normalized spacial score (nSPS) is 10.4. The Hall–Kier alpha value is -1.61. The Morgan fingerprint density at radius 3 is 2.25 bits per heavy atom. The molecule has 1 amide bonds. The second-order valence-electron chi connectivity index (χ2n) is 5.12. The second-order valence-corrected chi connectivity index (χ2v) is 5.98. The van der Waals surface area contributed by atoms with Gasteiger partial charge < -0.3 is 4.90 Å². The minimum Gasteiger partial charge on any atom is -0.311 e. The Bertz CT molecular complexity index is 644. The monoisotopic (exact) mass is 331 g/mol. The number of hydrogen-bond donors (Lipinski definition) is 0. The number of anilines is 1. The predicted molar refractivity (Wildman–Crippen MR) is 87.5 cm³/mol. The molecule has 0 bridgehead atoms. The molecule has 0 heterocycles. The average molecular weight is 332 g/mol. The first kappa shape index (κ1) is 14.8. The molecule has 0 aliphatic carbocycles. The predicted octanol–water partition coefficient (Wildman–Crippen LogP) is 4.65. The van der Waals surface area contributed by atoms with Crippen LogP contribution in [0.1, 0.15) is 27.0 Å². The van der Waals surface area contributed by atoms with E-state index in [1.807, 2.05) is 58.2 Å². The molecule has 0 spiro atoms. The number of carbonyl (C=O) groups is 1. The minimum atomic E-state index is 0.00815. The van der Waals surface area contributed by atoms with Crippen molar-refractivity contribution < 1.29 is 4.79 Å². The van der Waals surface area contributed by atoms with Crippen LogP contribution in [-0.4, -0.2) is 13.0 Å². The lowest BCUT2D eigenvalue weighted by atomic mass is 10.1. The third kappa shape index (κ3) is 2.93. The van der Waals surface area contributed by atoms with Crippen molar-refractivity contribution >= 4 is 27.5 Å². The maximum Gasteiger partial charge on any atom is 0.258 e. The van der Waals surface area contributed by atoms with Crippen LogP contribution in [0.2, 0.25) is 0 Å². The van der Waals surface area contributed by atoms with Crippen LogP contribution >= 0.6 is 15.9 Å². The summed E-state index contributed by atoms with van der Waals surface area (Å²) in [5.41, 5.74) is 4.93. The van der Waals surface area contributed by atoms with E-state index in [0.29, 0.717) is 0 Å². The van der Waals surface area contributed by atoms with Gasteiger partial charge in [0.15, 0.2) is 0 Å². The summed E-state index contributed by atoms with van der Waals surface area (Å²) in [6, 6.07) is 11.9. The molecule has 0 radical (unpaired) electrons. The van der Waals surface area contributed by atoms with Gasteiger partial charge in [-0.05, 0) is 61.7 Å². The SMILES string of the molecule is Cc1cc(C)cc(N(C)C(=O)c2cccc(Br)c2C)c1. The number of aryl methyl sites for hydroxylation is 2. The molecule has 3 heteroatoms. The quantitative estimate of drug-likeness (QED) is 0.784. The van der Waals surface area contributed by atoms with E-state index in [4.69, 9.17) is 0 Å². The van der Waals surface area contributed by atoms with E-state index >= 15 is 0 Å². The Morgan fingerprint density at radius 1 is 1.05 bits per heavy atom. The molecule has 20 heavy (non-hydrogen) atoms. The summed E-state index contributed by atoms with van der Waals surface area (Å²) in [5, 5.41) is 0. The van der Waals surface area contributed by atoms with Crippen molar-refractivity contribution in [1.82, 2.24) is 0 Å². The Balaban J connectivity index is 2.40. The number of halogens is 1. The molecule has 104 valence electrons. The molecule has 0 aromatic heterocycles. The van der Waals surface area contributed by atoms with Gasteiger partial charge in [0.2, 0.25) is 0 Å². The fourth-order valence-electron chi connectivity index (χ4n) is 2.28. The zero-order valence-corrected chi connectivity index (χ0v) is 13.8. The van der Waals surface area contributed by atoms with Gasteiger partial charge in [-0.25, -0.2) is 0 Å². The van der Waals surface area contributed by atoms with Gasteiger partial charge in [-0.3, -0.25) is 4.79 Å². The first-order chi connectivity index (χ1) is 9.40. The second kappa shape index (κ2) is 5.80. The van der Waals surface area contributed by atoms with E-state index in [1.54, 1.807) is 4.90 Å². The lowest BCUT2D eigenvalue weighted by molar-refractivity contribution is 0.0992. The van der Waals surface area contributed by atoms with Gasteiger partial charge in [0, 0.05) is 22.8 Å². The summed E-state index contributed by atoms with van der Waals surface area (Å²) < 4.78 is 0.956. The van der Waals surface area contributed by atoms with Crippen LogP contribution in [0.15, 0.2) is 40.9 Å². The number of benzene rings is 2. The number of nitrogens with zero attached hydrogens (tertiary/aromatic N) is 1. The number of hydrogen-bond acceptors (Lipinski definition) is 1. The van der Waals surface area contributed by atoms with Crippen LogP contribution in [0.3, 0.4) is 0 Å². The highest BCUT2D eigenvalue weighted by Crippen LogP contribution is 2.24. The third-order valence-corrected chi connectivity index (χ3v) is 4.26. The van der Waals surface area contributed by atoms with E-state index in [9.17, 15) is 4.79 Å². The fraction of sp³-hybridized carbons (Fsp3) is 0.235. The molecular weight excluding hydrogens is 314 g/mol. The summed E-state index contributed by atoms with van der Waals surface area (Å²) in [6.45, 7) is 6.03. The molecule has 0 saturated heterocycles. The van der Waals surface area contributed by atoms with Crippen molar-refractivity contribution in [3.8, 4) is 0 Å². The van der Waals surface area contributed by atoms with Crippen molar-refractivity contribution in [3.63, 3.8) is 0 Å². The fourth-order valence-corrected chi connectivity index (χ4v) is 2.65. The smallest absolute Gasteiger partial charge is 0.258 e. The van der Waals surface area contributed by atoms with Crippen LogP contribution in [0.25, 0.3) is 0 Å². The molecule has 2 nitrogen and oxygen atoms in total. The summed E-state index contributed by atoms with van der Waals surface area (Å²) >= 11 is 3.47. The van der Waals surface area contributed by atoms with E-state index in [-0.39, 0.29) is 5.91 Å². The van der Waals surface area contributed by atoms with Crippen molar-refractivity contribution in [2.24, 2.45) is 0 Å². The molecule has 0 unspecified atom stereocenters. The molecule has 0 N–H and O–H groups in total. The molecule has 0 atom stereocenters. The van der Waals surface area contributed by atoms with Crippen LogP contribution in [-0.2, 0) is 0 Å². The molecule has 0 aliphatic rings. The average Bonchev–Trinajstić information content (AvgIpc) is 2.39. The number of rotatable bonds is 2. The standard InChI is InChI=1S/C17H18BrNO/c1-11-8-12(2)10-14(9-11)19(4)17(20)15-6-5-7-16(18)13(15)3/h5-10H,1-4H3. The van der Waals surface area contributed by atoms with Crippen molar-refractivity contribution in [3.05, 3.63) is 63.1 Å². The zero-order valence-electron chi connectivity index (χ0n) is 12.2. The highest BCUT2D eigenvalue weighted by molar-refractivity contribution is 9.10. The summed E-state index contributed by atoms with van der Waals surface area (Å²) in [5.74, 6) is 0.00815. The molecular formula is C17H18BrNO. The van der Waals surface area contributed by atoms with Crippen LogP contribution in [0.4, 0.5) is 5.69 Å². The summed E-state index contributed by atoms with van der Waals surface area (Å²) in [7, 11) is 1.82. The number of carbonyl (C=O) groups excluding carboxylic acids is 1. The highest BCUT2D eigenvalue weighted by Gasteiger charge is 2.17. The molecule has 2 aromatic rings. The van der Waals surface area contributed by atoms with Crippen LogP contribution in [0, 0.1) is 20.8 Å². The molecule has 2 aromatic carbocycles. The Labute approximate surface area is 128 Å². The first-order valence-electron chi connectivity index (χ1n) is 6.51. The Kier molecular flexibility index (Phi) is 4.29. The highest BCUT2D eigenvalue weighted by atomic mass is 79.9. The summed E-state index contributed by atoms with van der Waals surface area (Å²) in [4.78, 5) is 14.3. The van der Waals surface area contributed by atoms with Crippen LogP contribution in [0.5, 0.6) is 0 Å². The Morgan fingerprint density at radius 2 is 1.65 bits per heavy atom. The largest absolute Gasteiger partial charge is 0.311 e.